The van der Waals surface area contributed by atoms with Crippen molar-refractivity contribution in [2.45, 2.75) is 45.1 Å². The predicted molar refractivity (Wildman–Crippen MR) is 80.3 cm³/mol. The lowest BCUT2D eigenvalue weighted by Crippen LogP contribution is -2.39. The molecule has 19 heavy (non-hydrogen) atoms. The summed E-state index contributed by atoms with van der Waals surface area (Å²) in [6, 6.07) is 6.50. The molecule has 1 saturated carbocycles. The van der Waals surface area contributed by atoms with E-state index in [-0.39, 0.29) is 5.91 Å². The van der Waals surface area contributed by atoms with E-state index in [4.69, 9.17) is 0 Å². The smallest absolute Gasteiger partial charge is 0.255 e. The molecule has 1 aliphatic heterocycles. The van der Waals surface area contributed by atoms with Crippen molar-refractivity contribution in [2.75, 3.05) is 6.54 Å². The van der Waals surface area contributed by atoms with Gasteiger partial charge in [-0.3, -0.25) is 4.79 Å². The summed E-state index contributed by atoms with van der Waals surface area (Å²) >= 11 is 3.54. The molecule has 1 heterocycles. The molecule has 2 fully saturated rings. The van der Waals surface area contributed by atoms with Gasteiger partial charge in [0.05, 0.1) is 5.56 Å². The van der Waals surface area contributed by atoms with E-state index in [1.54, 1.807) is 0 Å². The van der Waals surface area contributed by atoms with E-state index in [0.717, 1.165) is 22.5 Å². The summed E-state index contributed by atoms with van der Waals surface area (Å²) in [6.45, 7) is 2.99. The van der Waals surface area contributed by atoms with Gasteiger partial charge in [0.2, 0.25) is 0 Å². The van der Waals surface area contributed by atoms with Crippen LogP contribution >= 0.6 is 15.9 Å². The predicted octanol–water partition coefficient (Wildman–Crippen LogP) is 4.16. The molecule has 1 amide bonds. The second kappa shape index (κ2) is 5.28. The molecule has 2 aliphatic rings. The molecule has 0 bridgehead atoms. The van der Waals surface area contributed by atoms with E-state index in [9.17, 15) is 4.79 Å². The zero-order chi connectivity index (χ0) is 13.4. The molecule has 0 spiro atoms. The molecule has 2 unspecified atom stereocenters. The maximum Gasteiger partial charge on any atom is 0.255 e. The number of carbonyl (C=O) groups is 1. The van der Waals surface area contributed by atoms with Gasteiger partial charge in [-0.15, -0.1) is 0 Å². The number of nitrogens with zero attached hydrogens (tertiary/aromatic N) is 1. The summed E-state index contributed by atoms with van der Waals surface area (Å²) in [7, 11) is 0. The zero-order valence-corrected chi connectivity index (χ0v) is 12.9. The molecule has 1 aromatic carbocycles. The van der Waals surface area contributed by atoms with Crippen LogP contribution in [0.1, 0.15) is 48.0 Å². The van der Waals surface area contributed by atoms with Crippen LogP contribution in [-0.4, -0.2) is 23.4 Å². The molecular formula is C16H20BrNO. The minimum Gasteiger partial charge on any atom is -0.335 e. The fourth-order valence-electron chi connectivity index (χ4n) is 3.61. The Kier molecular flexibility index (Phi) is 3.66. The van der Waals surface area contributed by atoms with Crippen molar-refractivity contribution in [2.24, 2.45) is 5.92 Å². The Balaban J connectivity index is 1.83. The summed E-state index contributed by atoms with van der Waals surface area (Å²) in [5, 5.41) is 0. The van der Waals surface area contributed by atoms with Gasteiger partial charge >= 0.3 is 0 Å². The van der Waals surface area contributed by atoms with E-state index >= 15 is 0 Å². The Bertz CT molecular complexity index is 500. The van der Waals surface area contributed by atoms with Gasteiger partial charge in [0.1, 0.15) is 0 Å². The molecule has 3 heteroatoms. The number of carbonyl (C=O) groups excluding carboxylic acids is 1. The zero-order valence-electron chi connectivity index (χ0n) is 11.4. The van der Waals surface area contributed by atoms with Crippen molar-refractivity contribution in [3.63, 3.8) is 0 Å². The van der Waals surface area contributed by atoms with E-state index in [1.807, 2.05) is 25.1 Å². The number of rotatable bonds is 1. The van der Waals surface area contributed by atoms with E-state index in [1.165, 1.54) is 37.7 Å². The van der Waals surface area contributed by atoms with Gasteiger partial charge in [-0.2, -0.15) is 0 Å². The summed E-state index contributed by atoms with van der Waals surface area (Å²) in [6.07, 6.45) is 6.32. The van der Waals surface area contributed by atoms with E-state index in [0.29, 0.717) is 6.04 Å². The molecular weight excluding hydrogens is 302 g/mol. The second-order valence-corrected chi connectivity index (χ2v) is 6.74. The lowest BCUT2D eigenvalue weighted by atomic mass is 9.85. The highest BCUT2D eigenvalue weighted by molar-refractivity contribution is 9.10. The molecule has 1 aliphatic carbocycles. The maximum absolute atomic E-state index is 12.7. The van der Waals surface area contributed by atoms with Crippen LogP contribution < -0.4 is 0 Å². The summed E-state index contributed by atoms with van der Waals surface area (Å²) in [4.78, 5) is 14.9. The van der Waals surface area contributed by atoms with Gasteiger partial charge in [-0.25, -0.2) is 0 Å². The minimum absolute atomic E-state index is 0.210. The molecule has 2 nitrogen and oxygen atoms in total. The Morgan fingerprint density at radius 3 is 2.84 bits per heavy atom. The summed E-state index contributed by atoms with van der Waals surface area (Å²) in [5.41, 5.74) is 2.00. The molecule has 0 N–H and O–H groups in total. The summed E-state index contributed by atoms with van der Waals surface area (Å²) in [5.74, 6) is 0.961. The molecule has 1 aromatic rings. The number of benzene rings is 1. The van der Waals surface area contributed by atoms with Crippen LogP contribution in [0.2, 0.25) is 0 Å². The number of hydrogen-bond donors (Lipinski definition) is 0. The van der Waals surface area contributed by atoms with Gasteiger partial charge < -0.3 is 4.90 Å². The third kappa shape index (κ3) is 2.45. The van der Waals surface area contributed by atoms with Crippen molar-refractivity contribution in [1.82, 2.24) is 4.90 Å². The molecule has 2 atom stereocenters. The number of amides is 1. The lowest BCUT2D eigenvalue weighted by molar-refractivity contribution is 0.0689. The topological polar surface area (TPSA) is 20.3 Å². The van der Waals surface area contributed by atoms with Gasteiger partial charge in [0, 0.05) is 17.1 Å². The van der Waals surface area contributed by atoms with Crippen LogP contribution in [-0.2, 0) is 0 Å². The third-order valence-electron chi connectivity index (χ3n) is 4.63. The SMILES string of the molecule is Cc1ccc(C(=O)N2CCC3CCCCC32)c(Br)c1. The first-order valence-electron chi connectivity index (χ1n) is 7.24. The largest absolute Gasteiger partial charge is 0.335 e. The molecule has 102 valence electrons. The monoisotopic (exact) mass is 321 g/mol. The lowest BCUT2D eigenvalue weighted by Gasteiger charge is -2.32. The van der Waals surface area contributed by atoms with Crippen molar-refractivity contribution in [1.29, 1.82) is 0 Å². The highest BCUT2D eigenvalue weighted by atomic mass is 79.9. The fraction of sp³-hybridized carbons (Fsp3) is 0.562. The Labute approximate surface area is 123 Å². The van der Waals surface area contributed by atoms with Crippen molar-refractivity contribution >= 4 is 21.8 Å². The van der Waals surface area contributed by atoms with Crippen molar-refractivity contribution in [3.8, 4) is 0 Å². The first kappa shape index (κ1) is 13.2. The molecule has 3 rings (SSSR count). The Hall–Kier alpha value is -0.830. The average Bonchev–Trinajstić information content (AvgIpc) is 2.82. The summed E-state index contributed by atoms with van der Waals surface area (Å²) < 4.78 is 0.928. The first-order chi connectivity index (χ1) is 9.16. The highest BCUT2D eigenvalue weighted by Gasteiger charge is 2.38. The number of fused-ring (bicyclic) bond motifs is 1. The first-order valence-corrected chi connectivity index (χ1v) is 8.03. The van der Waals surface area contributed by atoms with Crippen LogP contribution in [0.4, 0.5) is 0 Å². The van der Waals surface area contributed by atoms with E-state index < -0.39 is 0 Å². The highest BCUT2D eigenvalue weighted by Crippen LogP contribution is 2.37. The van der Waals surface area contributed by atoms with Crippen molar-refractivity contribution in [3.05, 3.63) is 33.8 Å². The number of likely N-dealkylation sites (tertiary alicyclic amines) is 1. The number of hydrogen-bond acceptors (Lipinski definition) is 1. The fourth-order valence-corrected chi connectivity index (χ4v) is 4.27. The van der Waals surface area contributed by atoms with Gasteiger partial charge in [-0.05, 0) is 65.7 Å². The van der Waals surface area contributed by atoms with Crippen LogP contribution in [0.5, 0.6) is 0 Å². The molecule has 0 aromatic heterocycles. The van der Waals surface area contributed by atoms with Gasteiger partial charge in [0.25, 0.3) is 5.91 Å². The van der Waals surface area contributed by atoms with E-state index in [2.05, 4.69) is 20.8 Å². The maximum atomic E-state index is 12.7. The minimum atomic E-state index is 0.210. The number of aryl methyl sites for hydroxylation is 1. The van der Waals surface area contributed by atoms with Crippen LogP contribution in [0.3, 0.4) is 0 Å². The molecule has 0 radical (unpaired) electrons. The van der Waals surface area contributed by atoms with Crippen molar-refractivity contribution < 1.29 is 4.79 Å². The normalized spacial score (nSPS) is 26.3. The van der Waals surface area contributed by atoms with Crippen LogP contribution in [0, 0.1) is 12.8 Å². The van der Waals surface area contributed by atoms with Crippen LogP contribution in [0.15, 0.2) is 22.7 Å². The van der Waals surface area contributed by atoms with Crippen LogP contribution in [0.25, 0.3) is 0 Å². The molecule has 1 saturated heterocycles. The Morgan fingerprint density at radius 2 is 2.05 bits per heavy atom. The quantitative estimate of drug-likeness (QED) is 0.760. The Morgan fingerprint density at radius 1 is 1.26 bits per heavy atom. The standard InChI is InChI=1S/C16H20BrNO/c1-11-6-7-13(14(17)10-11)16(19)18-9-8-12-4-2-3-5-15(12)18/h6-7,10,12,15H,2-5,8-9H2,1H3. The van der Waals surface area contributed by atoms with Gasteiger partial charge in [-0.1, -0.05) is 18.9 Å². The average molecular weight is 322 g/mol. The number of halogens is 1. The third-order valence-corrected chi connectivity index (χ3v) is 5.28. The second-order valence-electron chi connectivity index (χ2n) is 5.88. The van der Waals surface area contributed by atoms with Gasteiger partial charge in [0.15, 0.2) is 0 Å².